The first-order valence-electron chi connectivity index (χ1n) is 22.6. The Bertz CT molecular complexity index is 2170. The molecular weight excluding hydrogens is 796 g/mol. The summed E-state index contributed by atoms with van der Waals surface area (Å²) in [6.45, 7) is 15.5. The van der Waals surface area contributed by atoms with Gasteiger partial charge in [-0.2, -0.15) is 0 Å². The lowest BCUT2D eigenvalue weighted by atomic mass is 9.91. The summed E-state index contributed by atoms with van der Waals surface area (Å²) in [7, 11) is 10.5. The van der Waals surface area contributed by atoms with Gasteiger partial charge in [-0.25, -0.2) is 0 Å². The van der Waals surface area contributed by atoms with Crippen molar-refractivity contribution in [1.82, 2.24) is 0 Å². The number of ether oxygens (including phenoxy) is 4. The second kappa shape index (κ2) is 20.8. The van der Waals surface area contributed by atoms with E-state index in [-0.39, 0.29) is 0 Å². The molecule has 2 unspecified atom stereocenters. The standard InChI is InChI=1S/C54H62B2O4P2/c1-7-27-57-51-39-19-17-20-40(51)32-44-36-50(62(6,56)48-25-15-12-16-26-48)38-46(54(44)60-30-10-4)34-42-22-18-21-41(52(42)58-28-8-2)33-45-37-49(35-43(31-39)53(45)59-29-9-3)61(5,55)47-23-13-11-14-24-47/h11-26,35-38H,7-10,27-34H2,1-6H3/q+2. The molecule has 1 aliphatic carbocycles. The average molecular weight is 859 g/mol. The van der Waals surface area contributed by atoms with E-state index in [0.717, 1.165) is 114 Å². The van der Waals surface area contributed by atoms with Crippen molar-refractivity contribution in [2.45, 2.75) is 79.1 Å². The first-order valence-corrected chi connectivity index (χ1v) is 27.2. The van der Waals surface area contributed by atoms with Crippen molar-refractivity contribution in [2.24, 2.45) is 0 Å². The minimum absolute atomic E-state index is 0.606. The van der Waals surface area contributed by atoms with E-state index >= 15 is 0 Å². The molecule has 6 aromatic rings. The van der Waals surface area contributed by atoms with Gasteiger partial charge in [0, 0.05) is 75.5 Å². The number of para-hydroxylation sites is 2. The van der Waals surface area contributed by atoms with Gasteiger partial charge in [-0.3, -0.25) is 0 Å². The molecule has 4 radical (unpaired) electrons. The molecule has 0 saturated carbocycles. The van der Waals surface area contributed by atoms with Gasteiger partial charge in [-0.05, 0) is 96.5 Å². The molecule has 0 spiro atoms. The van der Waals surface area contributed by atoms with Gasteiger partial charge in [0.1, 0.15) is 23.0 Å². The third-order valence-electron chi connectivity index (χ3n) is 11.8. The Morgan fingerprint density at radius 1 is 0.355 bits per heavy atom. The van der Waals surface area contributed by atoms with E-state index in [0.29, 0.717) is 52.1 Å². The fraction of sp³-hybridized carbons (Fsp3) is 0.333. The number of hydrogen-bond acceptors (Lipinski definition) is 4. The highest BCUT2D eigenvalue weighted by Crippen LogP contribution is 2.51. The lowest BCUT2D eigenvalue weighted by Crippen LogP contribution is -2.23. The molecule has 0 saturated heterocycles. The first-order chi connectivity index (χ1) is 30.1. The maximum atomic E-state index is 7.51. The quantitative estimate of drug-likeness (QED) is 0.0717. The maximum Gasteiger partial charge on any atom is 0.377 e. The molecule has 8 heteroatoms. The monoisotopic (exact) mass is 858 g/mol. The number of rotatable bonds is 16. The molecule has 0 aromatic heterocycles. The van der Waals surface area contributed by atoms with Crippen LogP contribution in [0.2, 0.25) is 0 Å². The van der Waals surface area contributed by atoms with Crippen LogP contribution < -0.4 is 40.2 Å². The minimum Gasteiger partial charge on any atom is -0.493 e. The van der Waals surface area contributed by atoms with Gasteiger partial charge >= 0.3 is 15.1 Å². The topological polar surface area (TPSA) is 36.9 Å². The van der Waals surface area contributed by atoms with Crippen molar-refractivity contribution in [3.63, 3.8) is 0 Å². The summed E-state index contributed by atoms with van der Waals surface area (Å²) in [5, 5.41) is 4.61. The largest absolute Gasteiger partial charge is 0.493 e. The predicted octanol–water partition coefficient (Wildman–Crippen LogP) is 10.9. The van der Waals surface area contributed by atoms with Crippen LogP contribution in [-0.4, -0.2) is 54.9 Å². The van der Waals surface area contributed by atoms with Crippen molar-refractivity contribution in [1.29, 1.82) is 0 Å². The van der Waals surface area contributed by atoms with Crippen LogP contribution >= 0.6 is 14.3 Å². The van der Waals surface area contributed by atoms with Crippen LogP contribution in [0.15, 0.2) is 121 Å². The van der Waals surface area contributed by atoms with Gasteiger partial charge < -0.3 is 18.9 Å². The third kappa shape index (κ3) is 10.1. The molecule has 62 heavy (non-hydrogen) atoms. The van der Waals surface area contributed by atoms with Crippen molar-refractivity contribution in [3.8, 4) is 23.0 Å². The van der Waals surface area contributed by atoms with Gasteiger partial charge in [0.15, 0.2) is 0 Å². The van der Waals surface area contributed by atoms with E-state index in [1.807, 2.05) is 0 Å². The summed E-state index contributed by atoms with van der Waals surface area (Å²) < 4.78 is 27.4. The van der Waals surface area contributed by atoms with Crippen molar-refractivity contribution in [3.05, 3.63) is 166 Å². The predicted molar refractivity (Wildman–Crippen MR) is 269 cm³/mol. The van der Waals surface area contributed by atoms with Crippen molar-refractivity contribution < 1.29 is 18.9 Å². The van der Waals surface area contributed by atoms with Crippen LogP contribution in [0.5, 0.6) is 23.0 Å². The van der Waals surface area contributed by atoms with Crippen molar-refractivity contribution in [2.75, 3.05) is 39.8 Å². The Kier molecular flexibility index (Phi) is 15.3. The zero-order chi connectivity index (χ0) is 43.7. The molecule has 4 nitrogen and oxygen atoms in total. The zero-order valence-corrected chi connectivity index (χ0v) is 39.5. The Morgan fingerprint density at radius 2 is 0.613 bits per heavy atom. The molecule has 8 bridgehead atoms. The number of fused-ring (bicyclic) bond motifs is 8. The molecule has 316 valence electrons. The van der Waals surface area contributed by atoms with E-state index < -0.39 is 14.3 Å². The number of hydrogen-bond donors (Lipinski definition) is 0. The Labute approximate surface area is 375 Å². The molecule has 6 aromatic carbocycles. The van der Waals surface area contributed by atoms with E-state index in [9.17, 15) is 0 Å². The van der Waals surface area contributed by atoms with E-state index in [2.05, 4.69) is 162 Å². The van der Waals surface area contributed by atoms with Gasteiger partial charge in [0.2, 0.25) is 0 Å². The normalized spacial score (nSPS) is 14.3. The molecule has 1 aliphatic rings. The molecule has 0 amide bonds. The van der Waals surface area contributed by atoms with E-state index in [1.165, 1.54) is 0 Å². The summed E-state index contributed by atoms with van der Waals surface area (Å²) in [6.07, 6.45) is 6.04. The zero-order valence-electron chi connectivity index (χ0n) is 37.7. The maximum absolute atomic E-state index is 7.51. The van der Waals surface area contributed by atoms with Gasteiger partial charge in [-0.15, -0.1) is 0 Å². The van der Waals surface area contributed by atoms with Crippen LogP contribution in [0.3, 0.4) is 0 Å². The van der Waals surface area contributed by atoms with Crippen LogP contribution in [0.25, 0.3) is 0 Å². The molecule has 0 heterocycles. The molecule has 2 atom stereocenters. The fourth-order valence-electron chi connectivity index (χ4n) is 8.52. The van der Waals surface area contributed by atoms with Crippen molar-refractivity contribution >= 4 is 50.6 Å². The lowest BCUT2D eigenvalue weighted by Gasteiger charge is -2.26. The second-order valence-electron chi connectivity index (χ2n) is 16.9. The van der Waals surface area contributed by atoms with Crippen LogP contribution in [0.1, 0.15) is 97.9 Å². The Hall–Kier alpha value is -4.49. The minimum atomic E-state index is -2.27. The van der Waals surface area contributed by atoms with E-state index in [1.54, 1.807) is 0 Å². The highest BCUT2D eigenvalue weighted by molar-refractivity contribution is 8.08. The average Bonchev–Trinajstić information content (AvgIpc) is 3.28. The van der Waals surface area contributed by atoms with Gasteiger partial charge in [0.05, 0.1) is 47.6 Å². The number of benzene rings is 6. The highest BCUT2D eigenvalue weighted by Gasteiger charge is 2.36. The van der Waals surface area contributed by atoms with Crippen LogP contribution in [-0.2, 0) is 25.7 Å². The van der Waals surface area contributed by atoms with Gasteiger partial charge in [0.25, 0.3) is 0 Å². The first kappa shape index (κ1) is 45.5. The molecule has 0 aliphatic heterocycles. The summed E-state index contributed by atoms with van der Waals surface area (Å²) in [5.41, 5.74) is 8.91. The summed E-state index contributed by atoms with van der Waals surface area (Å²) in [6, 6.07) is 43.7. The lowest BCUT2D eigenvalue weighted by molar-refractivity contribution is 0.305. The van der Waals surface area contributed by atoms with Gasteiger partial charge in [-0.1, -0.05) is 100 Å². The SMILES string of the molecule is [B][P+](C)(c1ccccc1)c1cc2c(OCCC)c(c1)Cc1cccc(c1OCCC)Cc1cc([P+]([B])(C)c3ccccc3)cc(c1OCCC)Cc1cccc(c1OCCC)C2. The van der Waals surface area contributed by atoms with Crippen LogP contribution in [0, 0.1) is 0 Å². The summed E-state index contributed by atoms with van der Waals surface area (Å²) in [5.74, 6) is 3.69. The second-order valence-corrected chi connectivity index (χ2v) is 23.3. The fourth-order valence-corrected chi connectivity index (χ4v) is 12.4. The summed E-state index contributed by atoms with van der Waals surface area (Å²) in [4.78, 5) is 0. The molecule has 7 rings (SSSR count). The smallest absolute Gasteiger partial charge is 0.377 e. The molecule has 0 N–H and O–H groups in total. The third-order valence-corrected chi connectivity index (χ3v) is 17.2. The van der Waals surface area contributed by atoms with E-state index in [4.69, 9.17) is 34.1 Å². The Balaban J connectivity index is 1.53. The molecule has 0 fully saturated rings. The molecular formula is C54H62B2O4P2+2. The Morgan fingerprint density at radius 3 is 0.871 bits per heavy atom. The van der Waals surface area contributed by atoms with Crippen LogP contribution in [0.4, 0.5) is 0 Å². The highest BCUT2D eigenvalue weighted by atomic mass is 31.2. The summed E-state index contributed by atoms with van der Waals surface area (Å²) >= 11 is 0.